The monoisotopic (exact) mass is 210 g/mol. The summed E-state index contributed by atoms with van der Waals surface area (Å²) in [6.45, 7) is 1.84. The largest absolute Gasteiger partial charge is 0.328 e. The molecule has 6 nitrogen and oxygen atoms in total. The van der Waals surface area contributed by atoms with Crippen molar-refractivity contribution in [3.63, 3.8) is 0 Å². The van der Waals surface area contributed by atoms with Gasteiger partial charge in [-0.3, -0.25) is 4.90 Å². The Morgan fingerprint density at radius 1 is 1.53 bits per heavy atom. The number of aromatic nitrogens is 4. The van der Waals surface area contributed by atoms with Gasteiger partial charge < -0.3 is 5.73 Å². The lowest BCUT2D eigenvalue weighted by molar-refractivity contribution is 0.176. The molecule has 15 heavy (non-hydrogen) atoms. The Bertz CT molecular complexity index is 316. The number of hydrogen-bond donors (Lipinski definition) is 1. The zero-order valence-electron chi connectivity index (χ0n) is 9.30. The van der Waals surface area contributed by atoms with Crippen molar-refractivity contribution < 1.29 is 0 Å². The molecular formula is C9H18N6. The molecule has 1 saturated carbocycles. The van der Waals surface area contributed by atoms with Crippen LogP contribution in [0.2, 0.25) is 0 Å². The van der Waals surface area contributed by atoms with Gasteiger partial charge in [0.1, 0.15) is 0 Å². The second kappa shape index (κ2) is 4.24. The Balaban J connectivity index is 1.75. The highest BCUT2D eigenvalue weighted by Crippen LogP contribution is 2.26. The highest BCUT2D eigenvalue weighted by atomic mass is 15.6. The molecule has 2 rings (SSSR count). The first-order valence-corrected chi connectivity index (χ1v) is 5.30. The van der Waals surface area contributed by atoms with Crippen LogP contribution in [0, 0.1) is 5.92 Å². The SMILES string of the molecule is CN(Cc1nnn(C)n1)CC1CC(N)C1. The van der Waals surface area contributed by atoms with E-state index in [1.807, 2.05) is 0 Å². The Morgan fingerprint density at radius 2 is 2.27 bits per heavy atom. The van der Waals surface area contributed by atoms with Gasteiger partial charge in [0.2, 0.25) is 0 Å². The highest BCUT2D eigenvalue weighted by Gasteiger charge is 2.26. The van der Waals surface area contributed by atoms with Gasteiger partial charge in [0.05, 0.1) is 13.6 Å². The molecule has 0 bridgehead atoms. The van der Waals surface area contributed by atoms with Crippen molar-refractivity contribution in [1.29, 1.82) is 0 Å². The molecule has 84 valence electrons. The number of nitrogens with two attached hydrogens (primary N) is 1. The average Bonchev–Trinajstić information content (AvgIpc) is 2.48. The third-order valence-corrected chi connectivity index (χ3v) is 2.80. The van der Waals surface area contributed by atoms with Crippen LogP contribution in [0.1, 0.15) is 18.7 Å². The van der Waals surface area contributed by atoms with Gasteiger partial charge in [-0.1, -0.05) is 0 Å². The molecule has 1 fully saturated rings. The van der Waals surface area contributed by atoms with Crippen molar-refractivity contribution in [3.05, 3.63) is 5.82 Å². The van der Waals surface area contributed by atoms with Crippen LogP contribution in [0.25, 0.3) is 0 Å². The molecule has 1 aromatic heterocycles. The maximum Gasteiger partial charge on any atom is 0.188 e. The summed E-state index contributed by atoms with van der Waals surface area (Å²) < 4.78 is 0. The molecule has 0 atom stereocenters. The molecule has 0 aromatic carbocycles. The lowest BCUT2D eigenvalue weighted by atomic mass is 9.81. The van der Waals surface area contributed by atoms with Gasteiger partial charge in [0.25, 0.3) is 0 Å². The molecule has 2 N–H and O–H groups in total. The van der Waals surface area contributed by atoms with E-state index >= 15 is 0 Å². The van der Waals surface area contributed by atoms with Crippen LogP contribution in [0.3, 0.4) is 0 Å². The molecule has 1 aromatic rings. The van der Waals surface area contributed by atoms with Crippen LogP contribution in [0.4, 0.5) is 0 Å². The van der Waals surface area contributed by atoms with Crippen molar-refractivity contribution in [1.82, 2.24) is 25.1 Å². The zero-order chi connectivity index (χ0) is 10.8. The maximum absolute atomic E-state index is 5.74. The summed E-state index contributed by atoms with van der Waals surface area (Å²) in [4.78, 5) is 3.72. The number of rotatable bonds is 4. The zero-order valence-corrected chi connectivity index (χ0v) is 9.30. The van der Waals surface area contributed by atoms with Gasteiger partial charge in [0, 0.05) is 12.6 Å². The fourth-order valence-corrected chi connectivity index (χ4v) is 2.07. The lowest BCUT2D eigenvalue weighted by Gasteiger charge is -2.35. The molecular weight excluding hydrogens is 192 g/mol. The molecule has 1 heterocycles. The van der Waals surface area contributed by atoms with Crippen molar-refractivity contribution in [3.8, 4) is 0 Å². The van der Waals surface area contributed by atoms with E-state index in [-0.39, 0.29) is 0 Å². The first kappa shape index (κ1) is 10.5. The molecule has 0 saturated heterocycles. The van der Waals surface area contributed by atoms with Gasteiger partial charge in [-0.25, -0.2) is 0 Å². The average molecular weight is 210 g/mol. The minimum absolute atomic E-state index is 0.429. The predicted octanol–water partition coefficient (Wildman–Crippen LogP) is -0.621. The summed E-state index contributed by atoms with van der Waals surface area (Å²) in [6, 6.07) is 0.429. The van der Waals surface area contributed by atoms with E-state index in [1.54, 1.807) is 7.05 Å². The van der Waals surface area contributed by atoms with E-state index in [1.165, 1.54) is 4.80 Å². The summed E-state index contributed by atoms with van der Waals surface area (Å²) in [7, 11) is 3.86. The maximum atomic E-state index is 5.74. The molecule has 0 radical (unpaired) electrons. The quantitative estimate of drug-likeness (QED) is 0.717. The van der Waals surface area contributed by atoms with Crippen LogP contribution < -0.4 is 5.73 Å². The van der Waals surface area contributed by atoms with E-state index in [2.05, 4.69) is 27.4 Å². The van der Waals surface area contributed by atoms with Crippen molar-refractivity contribution >= 4 is 0 Å². The Hall–Kier alpha value is -1.01. The number of aryl methyl sites for hydroxylation is 1. The first-order chi connectivity index (χ1) is 7.13. The summed E-state index contributed by atoms with van der Waals surface area (Å²) in [5.41, 5.74) is 5.74. The number of hydrogen-bond acceptors (Lipinski definition) is 5. The van der Waals surface area contributed by atoms with Gasteiger partial charge in [-0.05, 0) is 31.0 Å². The van der Waals surface area contributed by atoms with Crippen LogP contribution in [0.15, 0.2) is 0 Å². The number of nitrogens with zero attached hydrogens (tertiary/aromatic N) is 5. The summed E-state index contributed by atoms with van der Waals surface area (Å²) in [5.74, 6) is 1.53. The van der Waals surface area contributed by atoms with Gasteiger partial charge in [0.15, 0.2) is 5.82 Å². The summed E-state index contributed by atoms with van der Waals surface area (Å²) in [6.07, 6.45) is 2.30. The standard InChI is InChI=1S/C9H18N6/c1-14(5-7-3-8(10)4-7)6-9-11-13-15(2)12-9/h7-8H,3-6,10H2,1-2H3. The molecule has 1 aliphatic rings. The first-order valence-electron chi connectivity index (χ1n) is 5.30. The lowest BCUT2D eigenvalue weighted by Crippen LogP contribution is -2.41. The van der Waals surface area contributed by atoms with E-state index in [9.17, 15) is 0 Å². The van der Waals surface area contributed by atoms with Crippen molar-refractivity contribution in [2.75, 3.05) is 13.6 Å². The van der Waals surface area contributed by atoms with E-state index in [4.69, 9.17) is 5.73 Å². The topological polar surface area (TPSA) is 72.9 Å². The smallest absolute Gasteiger partial charge is 0.188 e. The van der Waals surface area contributed by atoms with Gasteiger partial charge in [-0.15, -0.1) is 10.2 Å². The van der Waals surface area contributed by atoms with Crippen LogP contribution in [0.5, 0.6) is 0 Å². The predicted molar refractivity (Wildman–Crippen MR) is 55.8 cm³/mol. The minimum Gasteiger partial charge on any atom is -0.328 e. The molecule has 0 amide bonds. The Labute approximate surface area is 89.4 Å². The molecule has 6 heteroatoms. The van der Waals surface area contributed by atoms with E-state index in [0.29, 0.717) is 6.04 Å². The third-order valence-electron chi connectivity index (χ3n) is 2.80. The normalized spacial score (nSPS) is 25.6. The van der Waals surface area contributed by atoms with Crippen molar-refractivity contribution in [2.24, 2.45) is 18.7 Å². The minimum atomic E-state index is 0.429. The van der Waals surface area contributed by atoms with Crippen LogP contribution in [-0.2, 0) is 13.6 Å². The van der Waals surface area contributed by atoms with Crippen LogP contribution in [-0.4, -0.2) is 44.7 Å². The highest BCUT2D eigenvalue weighted by molar-refractivity contribution is 4.85. The third kappa shape index (κ3) is 2.73. The number of tetrazole rings is 1. The Kier molecular flexibility index (Phi) is 2.97. The summed E-state index contributed by atoms with van der Waals surface area (Å²) >= 11 is 0. The van der Waals surface area contributed by atoms with Crippen LogP contribution >= 0.6 is 0 Å². The second-order valence-corrected chi connectivity index (χ2v) is 4.49. The van der Waals surface area contributed by atoms with Crippen molar-refractivity contribution in [2.45, 2.75) is 25.4 Å². The molecule has 0 unspecified atom stereocenters. The molecule has 1 aliphatic carbocycles. The van der Waals surface area contributed by atoms with E-state index < -0.39 is 0 Å². The van der Waals surface area contributed by atoms with Gasteiger partial charge in [-0.2, -0.15) is 4.80 Å². The summed E-state index contributed by atoms with van der Waals surface area (Å²) in [5, 5.41) is 11.9. The Morgan fingerprint density at radius 3 is 2.80 bits per heavy atom. The van der Waals surface area contributed by atoms with Gasteiger partial charge >= 0.3 is 0 Å². The molecule has 0 spiro atoms. The fraction of sp³-hybridized carbons (Fsp3) is 0.889. The fourth-order valence-electron chi connectivity index (χ4n) is 2.07. The van der Waals surface area contributed by atoms with E-state index in [0.717, 1.165) is 37.7 Å². The second-order valence-electron chi connectivity index (χ2n) is 4.49. The molecule has 0 aliphatic heterocycles.